The largest absolute Gasteiger partial charge is 0.151 e. The van der Waals surface area contributed by atoms with Gasteiger partial charge in [-0.25, -0.2) is 0 Å². The van der Waals surface area contributed by atoms with Crippen molar-refractivity contribution in [3.63, 3.8) is 0 Å². The molecule has 118 valence electrons. The number of nitroso groups, excluding NO2 is 1. The maximum atomic E-state index is 9.90. The first-order chi connectivity index (χ1) is 9.91. The molecule has 0 radical (unpaired) electrons. The number of rotatable bonds is 16. The molecule has 0 fully saturated rings. The van der Waals surface area contributed by atoms with Crippen LogP contribution in [0.5, 0.6) is 0 Å². The summed E-state index contributed by atoms with van der Waals surface area (Å²) in [5.74, 6) is 0. The first kappa shape index (κ1) is 19.3. The first-order valence-electron chi connectivity index (χ1n) is 8.86. The average molecular weight is 281 g/mol. The van der Waals surface area contributed by atoms with Gasteiger partial charge in [0.15, 0.2) is 0 Å². The summed E-state index contributed by atoms with van der Waals surface area (Å²) in [5, 5.41) is 2.88. The molecule has 0 aliphatic carbocycles. The van der Waals surface area contributed by atoms with E-state index in [0.29, 0.717) is 6.54 Å². The highest BCUT2D eigenvalue weighted by Gasteiger charge is 1.91. The van der Waals surface area contributed by atoms with Gasteiger partial charge >= 0.3 is 0 Å². The van der Waals surface area contributed by atoms with Crippen molar-refractivity contribution in [2.45, 2.75) is 96.8 Å². The summed E-state index contributed by atoms with van der Waals surface area (Å²) in [6.07, 6.45) is 23.0. The van der Waals surface area contributed by atoms with Crippen LogP contribution in [0.3, 0.4) is 0 Å². The van der Waals surface area contributed by atoms with E-state index in [4.69, 9.17) is 0 Å². The van der Waals surface area contributed by atoms with E-state index in [9.17, 15) is 4.91 Å². The molecule has 0 unspecified atom stereocenters. The number of hydrogen-bond acceptors (Lipinski definition) is 2. The van der Waals surface area contributed by atoms with Gasteiger partial charge in [-0.3, -0.25) is 0 Å². The molecular weight excluding hydrogens is 246 g/mol. The quantitative estimate of drug-likeness (QED) is 0.174. The van der Waals surface area contributed by atoms with E-state index in [2.05, 4.69) is 24.3 Å². The van der Waals surface area contributed by atoms with Crippen molar-refractivity contribution in [2.75, 3.05) is 6.54 Å². The Morgan fingerprint density at radius 3 is 1.60 bits per heavy atom. The van der Waals surface area contributed by atoms with Crippen LogP contribution in [0, 0.1) is 4.91 Å². The summed E-state index contributed by atoms with van der Waals surface area (Å²) in [4.78, 5) is 9.90. The normalized spacial score (nSPS) is 11.2. The molecule has 0 spiro atoms. The molecule has 0 atom stereocenters. The van der Waals surface area contributed by atoms with Gasteiger partial charge in [-0.1, -0.05) is 82.0 Å². The van der Waals surface area contributed by atoms with Crippen LogP contribution in [0.1, 0.15) is 96.8 Å². The Morgan fingerprint density at radius 2 is 1.10 bits per heavy atom. The zero-order chi connectivity index (χ0) is 14.7. The summed E-state index contributed by atoms with van der Waals surface area (Å²) < 4.78 is 0. The molecule has 0 aromatic rings. The fraction of sp³-hybridized carbons (Fsp3) is 0.889. The lowest BCUT2D eigenvalue weighted by atomic mass is 10.1. The van der Waals surface area contributed by atoms with E-state index in [0.717, 1.165) is 6.42 Å². The molecule has 2 nitrogen and oxygen atoms in total. The summed E-state index contributed by atoms with van der Waals surface area (Å²) in [6, 6.07) is 0. The van der Waals surface area contributed by atoms with Gasteiger partial charge < -0.3 is 0 Å². The zero-order valence-corrected chi connectivity index (χ0v) is 13.6. The Labute approximate surface area is 126 Å². The Hall–Kier alpha value is -0.660. The summed E-state index contributed by atoms with van der Waals surface area (Å²) in [7, 11) is 0. The van der Waals surface area contributed by atoms with Crippen molar-refractivity contribution in [3.05, 3.63) is 17.1 Å². The number of allylic oxidation sites excluding steroid dienone is 2. The van der Waals surface area contributed by atoms with Crippen LogP contribution in [0.25, 0.3) is 0 Å². The highest BCUT2D eigenvalue weighted by molar-refractivity contribution is 4.81. The minimum atomic E-state index is 0.501. The first-order valence-corrected chi connectivity index (χ1v) is 8.86. The highest BCUT2D eigenvalue weighted by atomic mass is 16.3. The van der Waals surface area contributed by atoms with Gasteiger partial charge in [0, 0.05) is 0 Å². The van der Waals surface area contributed by atoms with E-state index in [-0.39, 0.29) is 0 Å². The molecule has 0 rings (SSSR count). The Morgan fingerprint density at radius 1 is 0.650 bits per heavy atom. The fourth-order valence-electron chi connectivity index (χ4n) is 2.42. The van der Waals surface area contributed by atoms with E-state index in [1.54, 1.807) is 0 Å². The Bertz CT molecular complexity index is 213. The fourth-order valence-corrected chi connectivity index (χ4v) is 2.42. The van der Waals surface area contributed by atoms with Crippen LogP contribution in [0.4, 0.5) is 0 Å². The predicted molar refractivity (Wildman–Crippen MR) is 90.1 cm³/mol. The summed E-state index contributed by atoms with van der Waals surface area (Å²) >= 11 is 0. The summed E-state index contributed by atoms with van der Waals surface area (Å²) in [6.45, 7) is 2.77. The molecule has 0 aromatic heterocycles. The Kier molecular flexibility index (Phi) is 17.7. The SMILES string of the molecule is CCCCCCCC/C=C\CCCCCCCCN=O. The van der Waals surface area contributed by atoms with Gasteiger partial charge in [-0.05, 0) is 32.1 Å². The zero-order valence-electron chi connectivity index (χ0n) is 13.6. The van der Waals surface area contributed by atoms with Crippen LogP contribution in [0.2, 0.25) is 0 Å². The molecule has 0 amide bonds. The van der Waals surface area contributed by atoms with Crippen molar-refractivity contribution in [2.24, 2.45) is 5.18 Å². The average Bonchev–Trinajstić information content (AvgIpc) is 2.47. The third-order valence-corrected chi connectivity index (χ3v) is 3.76. The standard InChI is InChI=1S/C18H35NO/c1-2-3-4-5-6-7-8-9-10-11-12-13-14-15-16-17-18-19-20/h9-10H,2-8,11-18H2,1H3/b10-9-. The smallest absolute Gasteiger partial charge is 0.0811 e. The Balaban J connectivity index is 3.03. The molecule has 20 heavy (non-hydrogen) atoms. The van der Waals surface area contributed by atoms with E-state index >= 15 is 0 Å². The van der Waals surface area contributed by atoms with Gasteiger partial charge in [-0.2, -0.15) is 4.91 Å². The molecule has 0 aliphatic rings. The van der Waals surface area contributed by atoms with Crippen LogP contribution in [0.15, 0.2) is 17.3 Å². The molecule has 0 bridgehead atoms. The number of nitrogens with zero attached hydrogens (tertiary/aromatic N) is 1. The van der Waals surface area contributed by atoms with E-state index < -0.39 is 0 Å². The maximum absolute atomic E-state index is 9.90. The molecule has 0 saturated carbocycles. The molecule has 0 aliphatic heterocycles. The summed E-state index contributed by atoms with van der Waals surface area (Å²) in [5.41, 5.74) is 0. The molecule has 0 N–H and O–H groups in total. The van der Waals surface area contributed by atoms with E-state index in [1.807, 2.05) is 0 Å². The van der Waals surface area contributed by atoms with Gasteiger partial charge in [-0.15, -0.1) is 0 Å². The van der Waals surface area contributed by atoms with Crippen LogP contribution >= 0.6 is 0 Å². The van der Waals surface area contributed by atoms with Crippen LogP contribution in [-0.4, -0.2) is 6.54 Å². The van der Waals surface area contributed by atoms with Crippen LogP contribution in [-0.2, 0) is 0 Å². The molecule has 0 saturated heterocycles. The lowest BCUT2D eigenvalue weighted by Gasteiger charge is -1.99. The van der Waals surface area contributed by atoms with Crippen molar-refractivity contribution in [1.82, 2.24) is 0 Å². The highest BCUT2D eigenvalue weighted by Crippen LogP contribution is 2.09. The molecule has 0 heterocycles. The minimum Gasteiger partial charge on any atom is -0.151 e. The van der Waals surface area contributed by atoms with Gasteiger partial charge in [0.1, 0.15) is 0 Å². The third-order valence-electron chi connectivity index (χ3n) is 3.76. The molecule has 2 heteroatoms. The second-order valence-electron chi connectivity index (χ2n) is 5.79. The molecular formula is C18H35NO. The predicted octanol–water partition coefficient (Wildman–Crippen LogP) is 6.79. The second kappa shape index (κ2) is 18.3. The van der Waals surface area contributed by atoms with E-state index in [1.165, 1.54) is 83.5 Å². The second-order valence-corrected chi connectivity index (χ2v) is 5.79. The monoisotopic (exact) mass is 281 g/mol. The lowest BCUT2D eigenvalue weighted by molar-refractivity contribution is 0.599. The van der Waals surface area contributed by atoms with Crippen molar-refractivity contribution in [1.29, 1.82) is 0 Å². The van der Waals surface area contributed by atoms with Crippen molar-refractivity contribution >= 4 is 0 Å². The number of hydrogen-bond donors (Lipinski definition) is 0. The number of unbranched alkanes of at least 4 members (excludes halogenated alkanes) is 12. The molecule has 0 aromatic carbocycles. The van der Waals surface area contributed by atoms with Crippen molar-refractivity contribution in [3.8, 4) is 0 Å². The van der Waals surface area contributed by atoms with Gasteiger partial charge in [0.25, 0.3) is 0 Å². The minimum absolute atomic E-state index is 0.501. The van der Waals surface area contributed by atoms with Crippen molar-refractivity contribution < 1.29 is 0 Å². The van der Waals surface area contributed by atoms with Crippen LogP contribution < -0.4 is 0 Å². The lowest BCUT2D eigenvalue weighted by Crippen LogP contribution is -1.82. The van der Waals surface area contributed by atoms with Gasteiger partial charge in [0.2, 0.25) is 0 Å². The third kappa shape index (κ3) is 17.3. The van der Waals surface area contributed by atoms with Gasteiger partial charge in [0.05, 0.1) is 6.54 Å². The maximum Gasteiger partial charge on any atom is 0.0811 e. The topological polar surface area (TPSA) is 29.4 Å².